The maximum Gasteiger partial charge on any atom is 0.0544 e. The van der Waals surface area contributed by atoms with E-state index in [1.807, 2.05) is 6.20 Å². The second kappa shape index (κ2) is 5.25. The quantitative estimate of drug-likeness (QED) is 0.900. The molecule has 1 aliphatic rings. The smallest absolute Gasteiger partial charge is 0.0544 e. The lowest BCUT2D eigenvalue weighted by molar-refractivity contribution is 0.137. The molecular weight excluding hydrogens is 266 g/mol. The van der Waals surface area contributed by atoms with Gasteiger partial charge in [0.2, 0.25) is 0 Å². The maximum atomic E-state index is 4.42. The first kappa shape index (κ1) is 12.0. The highest BCUT2D eigenvalue weighted by atomic mass is 79.9. The van der Waals surface area contributed by atoms with Crippen LogP contribution in [0.25, 0.3) is 0 Å². The van der Waals surface area contributed by atoms with Crippen LogP contribution in [0.2, 0.25) is 0 Å². The Bertz CT molecular complexity index is 339. The van der Waals surface area contributed by atoms with Crippen LogP contribution in [-0.4, -0.2) is 35.1 Å². The summed E-state index contributed by atoms with van der Waals surface area (Å²) < 4.78 is 1.04. The molecule has 0 amide bonds. The lowest BCUT2D eigenvalue weighted by Crippen LogP contribution is -2.53. The van der Waals surface area contributed by atoms with Crippen molar-refractivity contribution in [2.45, 2.75) is 32.5 Å². The molecule has 0 saturated carbocycles. The first-order valence-electron chi connectivity index (χ1n) is 5.73. The molecule has 1 aliphatic heterocycles. The van der Waals surface area contributed by atoms with Gasteiger partial charge in [-0.3, -0.25) is 9.88 Å². The molecule has 0 radical (unpaired) electrons. The van der Waals surface area contributed by atoms with Gasteiger partial charge in [0, 0.05) is 42.4 Å². The van der Waals surface area contributed by atoms with Gasteiger partial charge >= 0.3 is 0 Å². The van der Waals surface area contributed by atoms with Gasteiger partial charge in [-0.2, -0.15) is 0 Å². The van der Waals surface area contributed by atoms with E-state index in [0.29, 0.717) is 12.1 Å². The highest BCUT2D eigenvalue weighted by molar-refractivity contribution is 9.10. The second-order valence-corrected chi connectivity index (χ2v) is 5.47. The molecule has 2 unspecified atom stereocenters. The lowest BCUT2D eigenvalue weighted by Gasteiger charge is -2.37. The van der Waals surface area contributed by atoms with Crippen LogP contribution in [0.3, 0.4) is 0 Å². The number of aromatic nitrogens is 1. The molecule has 0 aromatic carbocycles. The zero-order chi connectivity index (χ0) is 11.5. The van der Waals surface area contributed by atoms with Crippen LogP contribution in [0.1, 0.15) is 19.5 Å². The van der Waals surface area contributed by atoms with E-state index in [1.165, 1.54) is 0 Å². The van der Waals surface area contributed by atoms with Crippen molar-refractivity contribution in [2.24, 2.45) is 0 Å². The van der Waals surface area contributed by atoms with Crippen LogP contribution in [-0.2, 0) is 6.54 Å². The Morgan fingerprint density at radius 3 is 3.00 bits per heavy atom. The minimum Gasteiger partial charge on any atom is -0.311 e. The van der Waals surface area contributed by atoms with E-state index in [0.717, 1.165) is 29.8 Å². The van der Waals surface area contributed by atoms with Gasteiger partial charge in [0.25, 0.3) is 0 Å². The summed E-state index contributed by atoms with van der Waals surface area (Å²) in [6, 6.07) is 5.30. The van der Waals surface area contributed by atoms with Gasteiger partial charge in [0.05, 0.1) is 5.69 Å². The standard InChI is InChI=1S/C12H18BrN3/c1-9-7-16(10(2)5-14-9)8-12-4-3-11(13)6-15-12/h3-4,6,9-10,14H,5,7-8H2,1-2H3. The molecule has 1 fully saturated rings. The van der Waals surface area contributed by atoms with Crippen molar-refractivity contribution < 1.29 is 0 Å². The normalized spacial score (nSPS) is 26.9. The van der Waals surface area contributed by atoms with E-state index >= 15 is 0 Å². The summed E-state index contributed by atoms with van der Waals surface area (Å²) in [7, 11) is 0. The molecule has 1 aromatic heterocycles. The highest BCUT2D eigenvalue weighted by Gasteiger charge is 2.22. The fourth-order valence-corrected chi connectivity index (χ4v) is 2.26. The van der Waals surface area contributed by atoms with Gasteiger partial charge in [0.1, 0.15) is 0 Å². The van der Waals surface area contributed by atoms with Crippen molar-refractivity contribution in [3.05, 3.63) is 28.5 Å². The Labute approximate surface area is 105 Å². The zero-order valence-electron chi connectivity index (χ0n) is 9.78. The first-order valence-corrected chi connectivity index (χ1v) is 6.52. The van der Waals surface area contributed by atoms with Crippen LogP contribution in [0.5, 0.6) is 0 Å². The maximum absolute atomic E-state index is 4.42. The summed E-state index contributed by atoms with van der Waals surface area (Å²) in [6.45, 7) is 7.60. The predicted octanol–water partition coefficient (Wildman–Crippen LogP) is 2.03. The minimum atomic E-state index is 0.576. The molecule has 0 spiro atoms. The van der Waals surface area contributed by atoms with E-state index < -0.39 is 0 Å². The Balaban J connectivity index is 2.00. The number of nitrogens with zero attached hydrogens (tertiary/aromatic N) is 2. The molecule has 4 heteroatoms. The number of rotatable bonds is 2. The van der Waals surface area contributed by atoms with E-state index in [2.05, 4.69) is 57.1 Å². The van der Waals surface area contributed by atoms with Gasteiger partial charge in [0.15, 0.2) is 0 Å². The average molecular weight is 284 g/mol. The van der Waals surface area contributed by atoms with E-state index in [1.54, 1.807) is 0 Å². The van der Waals surface area contributed by atoms with Gasteiger partial charge in [-0.25, -0.2) is 0 Å². The highest BCUT2D eigenvalue weighted by Crippen LogP contribution is 2.13. The van der Waals surface area contributed by atoms with Crippen molar-refractivity contribution in [3.8, 4) is 0 Å². The minimum absolute atomic E-state index is 0.576. The molecule has 1 N–H and O–H groups in total. The third-order valence-electron chi connectivity index (χ3n) is 3.05. The largest absolute Gasteiger partial charge is 0.311 e. The van der Waals surface area contributed by atoms with Gasteiger partial charge in [-0.15, -0.1) is 0 Å². The Kier molecular flexibility index (Phi) is 3.95. The lowest BCUT2D eigenvalue weighted by atomic mass is 10.1. The Hall–Kier alpha value is -0.450. The second-order valence-electron chi connectivity index (χ2n) is 4.56. The van der Waals surface area contributed by atoms with Crippen molar-refractivity contribution in [1.29, 1.82) is 0 Å². The van der Waals surface area contributed by atoms with Crippen LogP contribution < -0.4 is 5.32 Å². The first-order chi connectivity index (χ1) is 7.65. The van der Waals surface area contributed by atoms with Crippen molar-refractivity contribution in [1.82, 2.24) is 15.2 Å². The van der Waals surface area contributed by atoms with E-state index in [-0.39, 0.29) is 0 Å². The van der Waals surface area contributed by atoms with E-state index in [4.69, 9.17) is 0 Å². The molecule has 3 nitrogen and oxygen atoms in total. The van der Waals surface area contributed by atoms with Crippen molar-refractivity contribution >= 4 is 15.9 Å². The zero-order valence-corrected chi connectivity index (χ0v) is 11.4. The fourth-order valence-electron chi connectivity index (χ4n) is 2.03. The van der Waals surface area contributed by atoms with Crippen LogP contribution in [0.15, 0.2) is 22.8 Å². The SMILES string of the molecule is CC1CN(Cc2ccc(Br)cn2)C(C)CN1. The molecule has 88 valence electrons. The summed E-state index contributed by atoms with van der Waals surface area (Å²) in [6.07, 6.45) is 1.87. The summed E-state index contributed by atoms with van der Waals surface area (Å²) >= 11 is 3.41. The van der Waals surface area contributed by atoms with Crippen LogP contribution in [0, 0.1) is 0 Å². The molecule has 2 atom stereocenters. The molecule has 1 saturated heterocycles. The van der Waals surface area contributed by atoms with Gasteiger partial charge < -0.3 is 5.32 Å². The van der Waals surface area contributed by atoms with Crippen LogP contribution >= 0.6 is 15.9 Å². The molecule has 2 rings (SSSR count). The number of halogens is 1. The molecule has 0 bridgehead atoms. The summed E-state index contributed by atoms with van der Waals surface area (Å²) in [5.41, 5.74) is 1.14. The molecule has 16 heavy (non-hydrogen) atoms. The predicted molar refractivity (Wildman–Crippen MR) is 69.3 cm³/mol. The summed E-state index contributed by atoms with van der Waals surface area (Å²) in [5, 5.41) is 3.49. The molecule has 0 aliphatic carbocycles. The van der Waals surface area contributed by atoms with Crippen molar-refractivity contribution in [3.63, 3.8) is 0 Å². The molecule has 1 aromatic rings. The van der Waals surface area contributed by atoms with Gasteiger partial charge in [-0.1, -0.05) is 0 Å². The van der Waals surface area contributed by atoms with E-state index in [9.17, 15) is 0 Å². The number of nitrogens with one attached hydrogen (secondary N) is 1. The topological polar surface area (TPSA) is 28.2 Å². The third-order valence-corrected chi connectivity index (χ3v) is 3.52. The number of hydrogen-bond donors (Lipinski definition) is 1. The Morgan fingerprint density at radius 1 is 1.50 bits per heavy atom. The summed E-state index contributed by atoms with van der Waals surface area (Å²) in [5.74, 6) is 0. The average Bonchev–Trinajstić information content (AvgIpc) is 2.27. The van der Waals surface area contributed by atoms with Crippen molar-refractivity contribution in [2.75, 3.05) is 13.1 Å². The fraction of sp³-hybridized carbons (Fsp3) is 0.583. The van der Waals surface area contributed by atoms with Gasteiger partial charge in [-0.05, 0) is 41.9 Å². The molecular formula is C12H18BrN3. The summed E-state index contributed by atoms with van der Waals surface area (Å²) in [4.78, 5) is 6.91. The third kappa shape index (κ3) is 3.03. The molecule has 2 heterocycles. The number of pyridine rings is 1. The number of piperazine rings is 1. The number of hydrogen-bond acceptors (Lipinski definition) is 3. The Morgan fingerprint density at radius 2 is 2.31 bits per heavy atom. The van der Waals surface area contributed by atoms with Crippen LogP contribution in [0.4, 0.5) is 0 Å². The monoisotopic (exact) mass is 283 g/mol.